The van der Waals surface area contributed by atoms with Crippen LogP contribution in [0.15, 0.2) is 24.3 Å². The molecular formula is C21H21F4N3O2. The van der Waals surface area contributed by atoms with Gasteiger partial charge in [0.05, 0.1) is 16.9 Å². The molecule has 0 unspecified atom stereocenters. The Morgan fingerprint density at radius 2 is 1.70 bits per heavy atom. The Hall–Kier alpha value is -2.81. The molecule has 4 rings (SSSR count). The fourth-order valence-corrected chi connectivity index (χ4v) is 3.87. The molecule has 0 saturated carbocycles. The highest BCUT2D eigenvalue weighted by Gasteiger charge is 2.33. The molecule has 0 spiro atoms. The van der Waals surface area contributed by atoms with Gasteiger partial charge in [-0.2, -0.15) is 0 Å². The van der Waals surface area contributed by atoms with E-state index in [1.807, 2.05) is 0 Å². The maximum Gasteiger partial charge on any atom is 0.224 e. The van der Waals surface area contributed by atoms with Gasteiger partial charge in [0.1, 0.15) is 24.0 Å². The van der Waals surface area contributed by atoms with Crippen LogP contribution in [0.1, 0.15) is 24.8 Å². The van der Waals surface area contributed by atoms with E-state index in [9.17, 15) is 22.4 Å². The van der Waals surface area contributed by atoms with Gasteiger partial charge in [0.15, 0.2) is 11.6 Å². The van der Waals surface area contributed by atoms with Crippen LogP contribution in [0.4, 0.5) is 28.9 Å². The average Bonchev–Trinajstić information content (AvgIpc) is 2.71. The number of rotatable bonds is 4. The molecule has 5 nitrogen and oxygen atoms in total. The lowest BCUT2D eigenvalue weighted by atomic mass is 9.89. The van der Waals surface area contributed by atoms with E-state index in [0.29, 0.717) is 49.7 Å². The Bertz CT molecular complexity index is 991. The van der Waals surface area contributed by atoms with E-state index >= 15 is 0 Å². The van der Waals surface area contributed by atoms with Crippen LogP contribution < -0.4 is 20.7 Å². The molecule has 2 heterocycles. The Morgan fingerprint density at radius 1 is 1.00 bits per heavy atom. The molecule has 2 aromatic rings. The highest BCUT2D eigenvalue weighted by molar-refractivity contribution is 5.94. The van der Waals surface area contributed by atoms with Crippen molar-refractivity contribution in [3.63, 3.8) is 0 Å². The monoisotopic (exact) mass is 423 g/mol. The van der Waals surface area contributed by atoms with E-state index in [-0.39, 0.29) is 30.3 Å². The lowest BCUT2D eigenvalue weighted by Crippen LogP contribution is -2.54. The molecule has 2 aliphatic heterocycles. The van der Waals surface area contributed by atoms with Crippen molar-refractivity contribution in [3.05, 3.63) is 53.1 Å². The Labute approximate surface area is 170 Å². The molecule has 3 N–H and O–H groups in total. The first-order chi connectivity index (χ1) is 14.3. The summed E-state index contributed by atoms with van der Waals surface area (Å²) in [6.07, 6.45) is 1.49. The number of benzene rings is 2. The molecule has 2 aliphatic rings. The standard InChI is InChI=1S/C21H21F4N3O2/c22-13-2-3-18(12-1-4-19(29)27-20(12)13)30-11-21(26)5-7-28(8-6-21)17-10-15(24)14(23)9-16(17)25/h2-3,9-10H,1,4-8,11,26H2,(H,27,29). The number of carbonyl (C=O) groups is 1. The summed E-state index contributed by atoms with van der Waals surface area (Å²) in [6, 6.07) is 4.14. The van der Waals surface area contributed by atoms with Gasteiger partial charge in [0, 0.05) is 37.2 Å². The van der Waals surface area contributed by atoms with Gasteiger partial charge in [0.25, 0.3) is 0 Å². The van der Waals surface area contributed by atoms with E-state index in [4.69, 9.17) is 10.5 Å². The van der Waals surface area contributed by atoms with Gasteiger partial charge in [-0.3, -0.25) is 4.79 Å². The van der Waals surface area contributed by atoms with Gasteiger partial charge in [-0.05, 0) is 31.4 Å². The van der Waals surface area contributed by atoms with Crippen molar-refractivity contribution in [1.29, 1.82) is 0 Å². The third kappa shape index (κ3) is 3.94. The first-order valence-corrected chi connectivity index (χ1v) is 9.68. The summed E-state index contributed by atoms with van der Waals surface area (Å²) in [6.45, 7) is 0.839. The van der Waals surface area contributed by atoms with Gasteiger partial charge >= 0.3 is 0 Å². The molecule has 30 heavy (non-hydrogen) atoms. The number of anilines is 2. The SMILES string of the molecule is NC1(COc2ccc(F)c3c2CCC(=O)N3)CCN(c2cc(F)c(F)cc2F)CC1. The fourth-order valence-electron chi connectivity index (χ4n) is 3.87. The molecule has 0 radical (unpaired) electrons. The molecule has 1 saturated heterocycles. The summed E-state index contributed by atoms with van der Waals surface area (Å²) in [5.74, 6) is -3.46. The fraction of sp³-hybridized carbons (Fsp3) is 0.381. The second-order valence-corrected chi connectivity index (χ2v) is 7.80. The van der Waals surface area contributed by atoms with Gasteiger partial charge in [-0.1, -0.05) is 0 Å². The van der Waals surface area contributed by atoms with Gasteiger partial charge in [0.2, 0.25) is 5.91 Å². The summed E-state index contributed by atoms with van der Waals surface area (Å²) < 4.78 is 60.6. The second kappa shape index (κ2) is 7.79. The van der Waals surface area contributed by atoms with Crippen LogP contribution in [0, 0.1) is 23.3 Å². The van der Waals surface area contributed by atoms with Crippen molar-refractivity contribution in [2.24, 2.45) is 5.73 Å². The number of nitrogens with two attached hydrogens (primary N) is 1. The van der Waals surface area contributed by atoms with Crippen molar-refractivity contribution >= 4 is 17.3 Å². The van der Waals surface area contributed by atoms with Crippen LogP contribution in [0.3, 0.4) is 0 Å². The lowest BCUT2D eigenvalue weighted by molar-refractivity contribution is -0.116. The first-order valence-electron chi connectivity index (χ1n) is 9.68. The summed E-state index contributed by atoms with van der Waals surface area (Å²) in [4.78, 5) is 13.2. The van der Waals surface area contributed by atoms with Gasteiger partial charge in [-0.15, -0.1) is 0 Å². The number of piperidine rings is 1. The maximum absolute atomic E-state index is 14.0. The second-order valence-electron chi connectivity index (χ2n) is 7.80. The van der Waals surface area contributed by atoms with Crippen LogP contribution in [-0.2, 0) is 11.2 Å². The number of halogens is 4. The van der Waals surface area contributed by atoms with Crippen LogP contribution in [0.2, 0.25) is 0 Å². The molecule has 160 valence electrons. The van der Waals surface area contributed by atoms with Crippen LogP contribution in [-0.4, -0.2) is 31.1 Å². The molecule has 1 fully saturated rings. The first kappa shape index (κ1) is 20.5. The van der Waals surface area contributed by atoms with E-state index < -0.39 is 28.8 Å². The van der Waals surface area contributed by atoms with Crippen molar-refractivity contribution in [1.82, 2.24) is 0 Å². The molecule has 2 aromatic carbocycles. The van der Waals surface area contributed by atoms with E-state index in [1.165, 1.54) is 12.1 Å². The summed E-state index contributed by atoms with van der Waals surface area (Å²) in [7, 11) is 0. The summed E-state index contributed by atoms with van der Waals surface area (Å²) in [5.41, 5.74) is 6.46. The van der Waals surface area contributed by atoms with Crippen molar-refractivity contribution in [2.75, 3.05) is 29.9 Å². The Morgan fingerprint density at radius 3 is 2.43 bits per heavy atom. The quantitative estimate of drug-likeness (QED) is 0.584. The third-order valence-electron chi connectivity index (χ3n) is 5.69. The molecule has 9 heteroatoms. The van der Waals surface area contributed by atoms with Crippen molar-refractivity contribution in [3.8, 4) is 5.75 Å². The molecule has 0 atom stereocenters. The van der Waals surface area contributed by atoms with Crippen molar-refractivity contribution in [2.45, 2.75) is 31.2 Å². The maximum atomic E-state index is 14.0. The number of carbonyl (C=O) groups excluding carboxylic acids is 1. The minimum absolute atomic E-state index is 0.000198. The van der Waals surface area contributed by atoms with E-state index in [1.54, 1.807) is 4.90 Å². The predicted octanol–water partition coefficient (Wildman–Crippen LogP) is 3.50. The van der Waals surface area contributed by atoms with Crippen molar-refractivity contribution < 1.29 is 27.1 Å². The third-order valence-corrected chi connectivity index (χ3v) is 5.69. The largest absolute Gasteiger partial charge is 0.491 e. The molecule has 0 aliphatic carbocycles. The normalized spacial score (nSPS) is 18.0. The zero-order valence-corrected chi connectivity index (χ0v) is 16.1. The van der Waals surface area contributed by atoms with Crippen LogP contribution >= 0.6 is 0 Å². The molecule has 0 bridgehead atoms. The average molecular weight is 423 g/mol. The number of ether oxygens (including phenoxy) is 1. The highest BCUT2D eigenvalue weighted by atomic mass is 19.2. The Balaban J connectivity index is 1.42. The van der Waals surface area contributed by atoms with E-state index in [2.05, 4.69) is 5.32 Å². The van der Waals surface area contributed by atoms with Gasteiger partial charge in [-0.25, -0.2) is 17.6 Å². The number of nitrogens with one attached hydrogen (secondary N) is 1. The topological polar surface area (TPSA) is 67.6 Å². The minimum atomic E-state index is -1.23. The van der Waals surface area contributed by atoms with Crippen LogP contribution in [0.5, 0.6) is 5.75 Å². The molecule has 1 amide bonds. The van der Waals surface area contributed by atoms with Crippen LogP contribution in [0.25, 0.3) is 0 Å². The molecule has 0 aromatic heterocycles. The Kier molecular flexibility index (Phi) is 5.31. The van der Waals surface area contributed by atoms with E-state index in [0.717, 1.165) is 6.07 Å². The molecular weight excluding hydrogens is 402 g/mol. The zero-order valence-electron chi connectivity index (χ0n) is 16.1. The summed E-state index contributed by atoms with van der Waals surface area (Å²) in [5, 5.41) is 2.53. The number of fused-ring (bicyclic) bond motifs is 1. The smallest absolute Gasteiger partial charge is 0.224 e. The highest BCUT2D eigenvalue weighted by Crippen LogP contribution is 2.35. The summed E-state index contributed by atoms with van der Waals surface area (Å²) >= 11 is 0. The number of hydrogen-bond acceptors (Lipinski definition) is 4. The number of hydrogen-bond donors (Lipinski definition) is 2. The predicted molar refractivity (Wildman–Crippen MR) is 104 cm³/mol. The zero-order chi connectivity index (χ0) is 21.5. The number of amides is 1. The lowest BCUT2D eigenvalue weighted by Gasteiger charge is -2.40. The minimum Gasteiger partial charge on any atom is -0.491 e. The number of nitrogens with zero attached hydrogens (tertiary/aromatic N) is 1. The van der Waals surface area contributed by atoms with Gasteiger partial charge < -0.3 is 20.7 Å².